The molecule has 0 atom stereocenters. The van der Waals surface area contributed by atoms with Crippen LogP contribution >= 0.6 is 34.3 Å². The largest absolute Gasteiger partial charge is 0.477 e. The molecule has 0 bridgehead atoms. The van der Waals surface area contributed by atoms with Crippen molar-refractivity contribution in [1.82, 2.24) is 9.97 Å². The van der Waals surface area contributed by atoms with Crippen LogP contribution in [0.4, 0.5) is 5.13 Å². The SMILES string of the molecule is Cc1nc(CN(C)c2nc(Cl)c(C(=O)O)s2)cs1. The standard InChI is InChI=1S/C10H10ClN3O2S2/c1-5-12-6(4-17-5)3-14(2)10-13-8(11)7(18-10)9(15)16/h4H,3H2,1-2H3,(H,15,16). The number of carbonyl (C=O) groups is 1. The van der Waals surface area contributed by atoms with Gasteiger partial charge in [0.25, 0.3) is 0 Å². The molecule has 2 aromatic rings. The van der Waals surface area contributed by atoms with Gasteiger partial charge in [-0.25, -0.2) is 14.8 Å². The Morgan fingerprint density at radius 1 is 1.56 bits per heavy atom. The fraction of sp³-hybridized carbons (Fsp3) is 0.300. The molecule has 2 aromatic heterocycles. The van der Waals surface area contributed by atoms with Gasteiger partial charge >= 0.3 is 5.97 Å². The number of halogens is 1. The number of anilines is 1. The van der Waals surface area contributed by atoms with E-state index in [1.807, 2.05) is 24.3 Å². The van der Waals surface area contributed by atoms with Crippen molar-refractivity contribution in [2.45, 2.75) is 13.5 Å². The third kappa shape index (κ3) is 2.80. The molecule has 2 rings (SSSR count). The van der Waals surface area contributed by atoms with Gasteiger partial charge in [0.05, 0.1) is 17.2 Å². The van der Waals surface area contributed by atoms with Crippen LogP contribution < -0.4 is 4.90 Å². The minimum Gasteiger partial charge on any atom is -0.477 e. The number of aromatic carboxylic acids is 1. The minimum atomic E-state index is -1.05. The lowest BCUT2D eigenvalue weighted by Gasteiger charge is -2.13. The van der Waals surface area contributed by atoms with Crippen molar-refractivity contribution in [2.75, 3.05) is 11.9 Å². The summed E-state index contributed by atoms with van der Waals surface area (Å²) in [7, 11) is 1.83. The van der Waals surface area contributed by atoms with Gasteiger partial charge in [0.2, 0.25) is 0 Å². The van der Waals surface area contributed by atoms with E-state index in [9.17, 15) is 4.79 Å². The molecular weight excluding hydrogens is 294 g/mol. The van der Waals surface area contributed by atoms with Gasteiger partial charge in [0.15, 0.2) is 15.2 Å². The summed E-state index contributed by atoms with van der Waals surface area (Å²) < 4.78 is 0. The molecule has 0 unspecified atom stereocenters. The van der Waals surface area contributed by atoms with Crippen LogP contribution in [0.2, 0.25) is 5.15 Å². The van der Waals surface area contributed by atoms with E-state index in [-0.39, 0.29) is 10.0 Å². The van der Waals surface area contributed by atoms with E-state index in [0.717, 1.165) is 22.0 Å². The highest BCUT2D eigenvalue weighted by atomic mass is 35.5. The van der Waals surface area contributed by atoms with Crippen LogP contribution in [0, 0.1) is 6.92 Å². The van der Waals surface area contributed by atoms with Crippen molar-refractivity contribution < 1.29 is 9.90 Å². The molecule has 8 heteroatoms. The van der Waals surface area contributed by atoms with E-state index in [4.69, 9.17) is 16.7 Å². The Labute approximate surface area is 117 Å². The van der Waals surface area contributed by atoms with Gasteiger partial charge in [0, 0.05) is 12.4 Å². The molecule has 0 radical (unpaired) electrons. The highest BCUT2D eigenvalue weighted by Gasteiger charge is 2.18. The monoisotopic (exact) mass is 303 g/mol. The Kier molecular flexibility index (Phi) is 3.84. The number of carboxylic acid groups (broad SMARTS) is 1. The van der Waals surface area contributed by atoms with Crippen LogP contribution in [0.15, 0.2) is 5.38 Å². The van der Waals surface area contributed by atoms with Gasteiger partial charge < -0.3 is 10.0 Å². The van der Waals surface area contributed by atoms with Crippen LogP contribution in [0.3, 0.4) is 0 Å². The summed E-state index contributed by atoms with van der Waals surface area (Å²) in [5, 5.41) is 12.5. The summed E-state index contributed by atoms with van der Waals surface area (Å²) in [5.41, 5.74) is 0.934. The quantitative estimate of drug-likeness (QED) is 0.940. The minimum absolute atomic E-state index is 0.0313. The van der Waals surface area contributed by atoms with Gasteiger partial charge in [-0.1, -0.05) is 22.9 Å². The number of rotatable bonds is 4. The Bertz CT molecular complexity index is 581. The molecule has 0 aliphatic rings. The molecule has 96 valence electrons. The average Bonchev–Trinajstić information content (AvgIpc) is 2.85. The Morgan fingerprint density at radius 3 is 2.78 bits per heavy atom. The van der Waals surface area contributed by atoms with Crippen molar-refractivity contribution >= 4 is 45.4 Å². The number of aryl methyl sites for hydroxylation is 1. The lowest BCUT2D eigenvalue weighted by Crippen LogP contribution is -2.16. The summed E-state index contributed by atoms with van der Waals surface area (Å²) >= 11 is 8.41. The summed E-state index contributed by atoms with van der Waals surface area (Å²) in [5.74, 6) is -1.05. The Hall–Kier alpha value is -1.18. The number of hydrogen-bond donors (Lipinski definition) is 1. The molecule has 0 aliphatic heterocycles. The van der Waals surface area contributed by atoms with Gasteiger partial charge in [-0.15, -0.1) is 11.3 Å². The van der Waals surface area contributed by atoms with Crippen molar-refractivity contribution in [3.05, 3.63) is 26.1 Å². The van der Waals surface area contributed by atoms with E-state index in [1.165, 1.54) is 0 Å². The third-order valence-electron chi connectivity index (χ3n) is 2.16. The molecule has 2 heterocycles. The molecule has 0 saturated carbocycles. The second kappa shape index (κ2) is 5.21. The van der Waals surface area contributed by atoms with Crippen LogP contribution in [0.25, 0.3) is 0 Å². The van der Waals surface area contributed by atoms with E-state index in [0.29, 0.717) is 11.7 Å². The highest BCUT2D eigenvalue weighted by Crippen LogP contribution is 2.29. The predicted molar refractivity (Wildman–Crippen MR) is 73.0 cm³/mol. The second-order valence-electron chi connectivity index (χ2n) is 3.64. The number of hydrogen-bond acceptors (Lipinski definition) is 6. The van der Waals surface area contributed by atoms with Gasteiger partial charge in [-0.05, 0) is 6.92 Å². The number of aromatic nitrogens is 2. The van der Waals surface area contributed by atoms with E-state index in [1.54, 1.807) is 11.3 Å². The second-order valence-corrected chi connectivity index (χ2v) is 6.03. The Balaban J connectivity index is 2.16. The van der Waals surface area contributed by atoms with Crippen LogP contribution in [-0.2, 0) is 6.54 Å². The topological polar surface area (TPSA) is 66.3 Å². The molecule has 0 spiro atoms. The number of carboxylic acids is 1. The normalized spacial score (nSPS) is 10.6. The molecule has 18 heavy (non-hydrogen) atoms. The first kappa shape index (κ1) is 13.3. The average molecular weight is 304 g/mol. The van der Waals surface area contributed by atoms with E-state index < -0.39 is 5.97 Å². The number of thiazole rings is 2. The molecular formula is C10H10ClN3O2S2. The zero-order valence-electron chi connectivity index (χ0n) is 9.68. The lowest BCUT2D eigenvalue weighted by molar-refractivity contribution is 0.0702. The van der Waals surface area contributed by atoms with Gasteiger partial charge in [0.1, 0.15) is 0 Å². The maximum atomic E-state index is 10.9. The fourth-order valence-electron chi connectivity index (χ4n) is 1.38. The molecule has 0 saturated heterocycles. The van der Waals surface area contributed by atoms with E-state index in [2.05, 4.69) is 9.97 Å². The van der Waals surface area contributed by atoms with Crippen molar-refractivity contribution in [3.63, 3.8) is 0 Å². The summed E-state index contributed by atoms with van der Waals surface area (Å²) in [4.78, 5) is 21.2. The fourth-order valence-corrected chi connectivity index (χ4v) is 3.07. The maximum absolute atomic E-state index is 10.9. The Morgan fingerprint density at radius 2 is 2.28 bits per heavy atom. The lowest BCUT2D eigenvalue weighted by atomic mass is 10.4. The molecule has 0 aromatic carbocycles. The first-order valence-corrected chi connectivity index (χ1v) is 7.06. The highest BCUT2D eigenvalue weighted by molar-refractivity contribution is 7.18. The van der Waals surface area contributed by atoms with Crippen LogP contribution in [0.5, 0.6) is 0 Å². The zero-order valence-corrected chi connectivity index (χ0v) is 12.1. The molecule has 0 fully saturated rings. The smallest absolute Gasteiger partial charge is 0.349 e. The first-order chi connectivity index (χ1) is 8.47. The number of nitrogens with zero attached hydrogens (tertiary/aromatic N) is 3. The molecule has 0 amide bonds. The molecule has 1 N–H and O–H groups in total. The predicted octanol–water partition coefficient (Wildman–Crippen LogP) is 2.90. The first-order valence-electron chi connectivity index (χ1n) is 4.99. The van der Waals surface area contributed by atoms with Crippen molar-refractivity contribution in [3.8, 4) is 0 Å². The maximum Gasteiger partial charge on any atom is 0.349 e. The zero-order chi connectivity index (χ0) is 13.3. The van der Waals surface area contributed by atoms with Crippen LogP contribution in [-0.4, -0.2) is 28.1 Å². The van der Waals surface area contributed by atoms with Crippen molar-refractivity contribution in [1.29, 1.82) is 0 Å². The van der Waals surface area contributed by atoms with Gasteiger partial charge in [-0.2, -0.15) is 0 Å². The molecule has 0 aliphatic carbocycles. The summed E-state index contributed by atoms with van der Waals surface area (Å²) in [6, 6.07) is 0. The summed E-state index contributed by atoms with van der Waals surface area (Å²) in [6.07, 6.45) is 0. The third-order valence-corrected chi connectivity index (χ3v) is 4.53. The van der Waals surface area contributed by atoms with E-state index >= 15 is 0 Å². The summed E-state index contributed by atoms with van der Waals surface area (Å²) in [6.45, 7) is 2.52. The molecule has 5 nitrogen and oxygen atoms in total. The van der Waals surface area contributed by atoms with Crippen LogP contribution in [0.1, 0.15) is 20.4 Å². The van der Waals surface area contributed by atoms with Gasteiger partial charge in [-0.3, -0.25) is 0 Å². The van der Waals surface area contributed by atoms with Crippen molar-refractivity contribution in [2.24, 2.45) is 0 Å².